The van der Waals surface area contributed by atoms with E-state index < -0.39 is 15.8 Å². The Kier molecular flexibility index (Phi) is 8.31. The highest BCUT2D eigenvalue weighted by atomic mass is 32.2. The SMILES string of the molecule is CC(=N)c1c(N)nc(-c2ccc(NS(=O)(=O)c3cc(OC(C)C)ccn3)c(F)c2)nc1OC1CCN(C)CC1.[HH].[HH]. The van der Waals surface area contributed by atoms with Gasteiger partial charge in [0.2, 0.25) is 5.88 Å². The largest absolute Gasteiger partial charge is 0.491 e. The van der Waals surface area contributed by atoms with Crippen molar-refractivity contribution in [2.24, 2.45) is 0 Å². The number of sulfonamides is 1. The van der Waals surface area contributed by atoms with E-state index in [2.05, 4.69) is 24.6 Å². The summed E-state index contributed by atoms with van der Waals surface area (Å²) in [5.41, 5.74) is 6.58. The van der Waals surface area contributed by atoms with Crippen LogP contribution in [0.25, 0.3) is 11.4 Å². The number of hydrogen-bond donors (Lipinski definition) is 3. The lowest BCUT2D eigenvalue weighted by Gasteiger charge is -2.29. The van der Waals surface area contributed by atoms with Crippen LogP contribution in [0.5, 0.6) is 11.6 Å². The van der Waals surface area contributed by atoms with Crippen molar-refractivity contribution >= 4 is 27.2 Å². The van der Waals surface area contributed by atoms with E-state index in [1.165, 1.54) is 30.5 Å². The van der Waals surface area contributed by atoms with Crippen molar-refractivity contribution in [2.45, 2.75) is 50.8 Å². The molecule has 0 spiro atoms. The number of ether oxygens (including phenoxy) is 2. The summed E-state index contributed by atoms with van der Waals surface area (Å²) in [7, 11) is -2.16. The fraction of sp³-hybridized carbons (Fsp3) is 0.385. The topological polar surface area (TPSA) is 156 Å². The minimum absolute atomic E-state index is 0. The first-order valence-corrected chi connectivity index (χ1v) is 13.9. The highest BCUT2D eigenvalue weighted by Crippen LogP contribution is 2.30. The van der Waals surface area contributed by atoms with Gasteiger partial charge >= 0.3 is 0 Å². The monoisotopic (exact) mass is 561 g/mol. The quantitative estimate of drug-likeness (QED) is 0.326. The maximum Gasteiger partial charge on any atom is 0.279 e. The lowest BCUT2D eigenvalue weighted by atomic mass is 10.1. The van der Waals surface area contributed by atoms with Crippen LogP contribution in [0, 0.1) is 11.2 Å². The van der Waals surface area contributed by atoms with Gasteiger partial charge in [-0.3, -0.25) is 4.72 Å². The molecule has 0 saturated carbocycles. The van der Waals surface area contributed by atoms with Gasteiger partial charge < -0.3 is 25.5 Å². The van der Waals surface area contributed by atoms with Gasteiger partial charge in [0.15, 0.2) is 10.9 Å². The Morgan fingerprint density at radius 3 is 2.59 bits per heavy atom. The van der Waals surface area contributed by atoms with Crippen LogP contribution < -0.4 is 19.9 Å². The summed E-state index contributed by atoms with van der Waals surface area (Å²) >= 11 is 0. The average Bonchev–Trinajstić information content (AvgIpc) is 2.86. The molecule has 0 unspecified atom stereocenters. The van der Waals surface area contributed by atoms with Gasteiger partial charge in [0, 0.05) is 39.5 Å². The summed E-state index contributed by atoms with van der Waals surface area (Å²) in [5, 5.41) is 7.81. The number of rotatable bonds is 9. The number of nitrogens with two attached hydrogens (primary N) is 1. The number of likely N-dealkylation sites (tertiary alicyclic amines) is 1. The molecule has 2 aromatic heterocycles. The number of halogens is 1. The van der Waals surface area contributed by atoms with E-state index in [-0.39, 0.29) is 54.6 Å². The number of hydrogen-bond acceptors (Lipinski definition) is 10. The molecule has 0 aliphatic carbocycles. The van der Waals surface area contributed by atoms with Crippen LogP contribution in [0.4, 0.5) is 15.9 Å². The average molecular weight is 562 g/mol. The summed E-state index contributed by atoms with van der Waals surface area (Å²) in [6.45, 7) is 6.92. The molecular weight excluding hydrogens is 525 g/mol. The molecule has 39 heavy (non-hydrogen) atoms. The molecular formula is C26H36FN7O4S. The number of aromatic nitrogens is 3. The summed E-state index contributed by atoms with van der Waals surface area (Å²) in [6, 6.07) is 6.65. The van der Waals surface area contributed by atoms with Gasteiger partial charge in [-0.1, -0.05) is 0 Å². The first-order valence-electron chi connectivity index (χ1n) is 12.5. The van der Waals surface area contributed by atoms with Crippen LogP contribution in [0.1, 0.15) is 42.0 Å². The van der Waals surface area contributed by atoms with Crippen molar-refractivity contribution in [1.82, 2.24) is 19.9 Å². The number of nitrogens with one attached hydrogen (secondary N) is 2. The Hall–Kier alpha value is -3.84. The lowest BCUT2D eigenvalue weighted by molar-refractivity contribution is 0.110. The molecule has 0 atom stereocenters. The number of benzene rings is 1. The minimum Gasteiger partial charge on any atom is -0.491 e. The number of pyridine rings is 1. The van der Waals surface area contributed by atoms with E-state index in [0.717, 1.165) is 32.0 Å². The Balaban J connectivity index is 0.00000294. The molecule has 1 fully saturated rings. The van der Waals surface area contributed by atoms with Crippen molar-refractivity contribution in [3.8, 4) is 23.0 Å². The maximum absolute atomic E-state index is 15.1. The van der Waals surface area contributed by atoms with E-state index in [9.17, 15) is 8.42 Å². The fourth-order valence-electron chi connectivity index (χ4n) is 4.10. The van der Waals surface area contributed by atoms with Crippen LogP contribution >= 0.6 is 0 Å². The molecule has 4 rings (SSSR count). The van der Waals surface area contributed by atoms with E-state index in [1.807, 2.05) is 20.9 Å². The molecule has 1 aromatic carbocycles. The van der Waals surface area contributed by atoms with Gasteiger partial charge in [-0.25, -0.2) is 14.4 Å². The standard InChI is InChI=1S/C26H32FN7O4S.2H2/c1-15(2)37-19-7-10-30-22(14-19)39(35,36)33-21-6-5-17(13-20(21)27)25-31-24(29)23(16(3)28)26(32-25)38-18-8-11-34(4)12-9-18;;/h5-7,10,13-15,18,28,33H,8-9,11-12H2,1-4H3,(H2,29,31,32);2*1H. The third-order valence-electron chi connectivity index (χ3n) is 6.05. The molecule has 0 bridgehead atoms. The molecule has 1 aliphatic heterocycles. The van der Waals surface area contributed by atoms with Crippen molar-refractivity contribution in [1.29, 1.82) is 5.41 Å². The first kappa shape index (κ1) is 28.2. The third kappa shape index (κ3) is 6.79. The van der Waals surface area contributed by atoms with Crippen LogP contribution in [0.15, 0.2) is 41.6 Å². The minimum atomic E-state index is -4.20. The molecule has 1 saturated heterocycles. The van der Waals surface area contributed by atoms with Crippen LogP contribution in [0.2, 0.25) is 0 Å². The van der Waals surface area contributed by atoms with E-state index >= 15 is 4.39 Å². The summed E-state index contributed by atoms with van der Waals surface area (Å²) < 4.78 is 54.8. The molecule has 3 aromatic rings. The molecule has 3 heterocycles. The second kappa shape index (κ2) is 11.5. The Morgan fingerprint density at radius 1 is 1.23 bits per heavy atom. The zero-order valence-corrected chi connectivity index (χ0v) is 23.0. The molecule has 11 nitrogen and oxygen atoms in total. The van der Waals surface area contributed by atoms with Crippen molar-refractivity contribution < 1.29 is 25.1 Å². The predicted molar refractivity (Wildman–Crippen MR) is 151 cm³/mol. The summed E-state index contributed by atoms with van der Waals surface area (Å²) in [5.74, 6) is -0.228. The molecule has 4 N–H and O–H groups in total. The van der Waals surface area contributed by atoms with Crippen LogP contribution in [0.3, 0.4) is 0 Å². The fourth-order valence-corrected chi connectivity index (χ4v) is 5.13. The predicted octanol–water partition coefficient (Wildman–Crippen LogP) is 4.20. The molecule has 0 amide bonds. The highest BCUT2D eigenvalue weighted by molar-refractivity contribution is 7.92. The molecule has 0 radical (unpaired) electrons. The van der Waals surface area contributed by atoms with Gasteiger partial charge in [0.1, 0.15) is 23.5 Å². The van der Waals surface area contributed by atoms with Crippen molar-refractivity contribution in [3.63, 3.8) is 0 Å². The molecule has 13 heteroatoms. The molecule has 1 aliphatic rings. The van der Waals surface area contributed by atoms with E-state index in [0.29, 0.717) is 11.3 Å². The third-order valence-corrected chi connectivity index (χ3v) is 7.31. The van der Waals surface area contributed by atoms with Gasteiger partial charge in [0.05, 0.1) is 17.4 Å². The normalized spacial score (nSPS) is 14.8. The second-order valence-corrected chi connectivity index (χ2v) is 11.3. The Morgan fingerprint density at radius 2 is 1.95 bits per heavy atom. The van der Waals surface area contributed by atoms with E-state index in [4.69, 9.17) is 20.6 Å². The number of nitrogens with zero attached hydrogens (tertiary/aromatic N) is 4. The molecule has 212 valence electrons. The Bertz CT molecular complexity index is 1490. The van der Waals surface area contributed by atoms with Gasteiger partial charge in [-0.05, 0) is 64.9 Å². The maximum atomic E-state index is 15.1. The smallest absolute Gasteiger partial charge is 0.279 e. The van der Waals surface area contributed by atoms with E-state index in [1.54, 1.807) is 6.92 Å². The number of nitrogen functional groups attached to an aromatic ring is 1. The Labute approximate surface area is 230 Å². The number of anilines is 2. The zero-order chi connectivity index (χ0) is 28.3. The van der Waals surface area contributed by atoms with Gasteiger partial charge in [-0.2, -0.15) is 13.4 Å². The summed E-state index contributed by atoms with van der Waals surface area (Å²) in [4.78, 5) is 14.8. The van der Waals surface area contributed by atoms with Crippen LogP contribution in [-0.4, -0.2) is 66.3 Å². The van der Waals surface area contributed by atoms with Crippen molar-refractivity contribution in [3.05, 3.63) is 47.9 Å². The second-order valence-electron chi connectivity index (χ2n) is 9.65. The summed E-state index contributed by atoms with van der Waals surface area (Å²) in [6.07, 6.45) is 2.62. The van der Waals surface area contributed by atoms with Gasteiger partial charge in [-0.15, -0.1) is 0 Å². The lowest BCUT2D eigenvalue weighted by Crippen LogP contribution is -2.36. The van der Waals surface area contributed by atoms with Crippen LogP contribution in [-0.2, 0) is 10.0 Å². The number of piperidine rings is 1. The highest BCUT2D eigenvalue weighted by Gasteiger charge is 2.24. The zero-order valence-electron chi connectivity index (χ0n) is 22.2. The van der Waals surface area contributed by atoms with Crippen molar-refractivity contribution in [2.75, 3.05) is 30.6 Å². The first-order chi connectivity index (χ1) is 18.4. The van der Waals surface area contributed by atoms with Gasteiger partial charge in [0.25, 0.3) is 10.0 Å².